The van der Waals surface area contributed by atoms with Gasteiger partial charge >= 0.3 is 0 Å². The second-order valence-corrected chi connectivity index (χ2v) is 7.16. The van der Waals surface area contributed by atoms with Gasteiger partial charge in [0.2, 0.25) is 0 Å². The van der Waals surface area contributed by atoms with Gasteiger partial charge in [-0.25, -0.2) is 0 Å². The Morgan fingerprint density at radius 3 is 2.23 bits per heavy atom. The summed E-state index contributed by atoms with van der Waals surface area (Å²) in [4.78, 5) is 19.1. The minimum absolute atomic E-state index is 0.115. The number of amides is 1. The molecule has 0 radical (unpaired) electrons. The summed E-state index contributed by atoms with van der Waals surface area (Å²) in [5.74, 6) is -0.115. The number of likely N-dealkylation sites (tertiary alicyclic amines) is 1. The number of nitriles is 1. The van der Waals surface area contributed by atoms with Crippen molar-refractivity contribution in [3.05, 3.63) is 47.7 Å². The van der Waals surface area contributed by atoms with E-state index < -0.39 is 0 Å². The molecule has 26 heavy (non-hydrogen) atoms. The molecule has 2 saturated heterocycles. The van der Waals surface area contributed by atoms with Crippen molar-refractivity contribution in [3.8, 4) is 6.07 Å². The molecular formula is C21H28N4O. The van der Waals surface area contributed by atoms with Crippen LogP contribution in [0.25, 0.3) is 0 Å². The first-order valence-corrected chi connectivity index (χ1v) is 9.68. The highest BCUT2D eigenvalue weighted by atomic mass is 16.2. The Hall–Kier alpha value is -2.32. The van der Waals surface area contributed by atoms with Crippen LogP contribution in [0, 0.1) is 11.3 Å². The van der Waals surface area contributed by atoms with Crippen molar-refractivity contribution in [2.75, 3.05) is 39.3 Å². The molecule has 0 aromatic heterocycles. The number of hydrogen-bond donors (Lipinski definition) is 0. The average molecular weight is 352 g/mol. The Bertz CT molecular complexity index is 648. The van der Waals surface area contributed by atoms with E-state index in [1.165, 1.54) is 18.4 Å². The average Bonchev–Trinajstić information content (AvgIpc) is 2.96. The molecule has 2 fully saturated rings. The first-order valence-electron chi connectivity index (χ1n) is 9.68. The van der Waals surface area contributed by atoms with Crippen LogP contribution >= 0.6 is 0 Å². The van der Waals surface area contributed by atoms with Crippen molar-refractivity contribution in [2.45, 2.75) is 32.2 Å². The van der Waals surface area contributed by atoms with Gasteiger partial charge in [0, 0.05) is 52.0 Å². The van der Waals surface area contributed by atoms with Gasteiger partial charge < -0.3 is 9.80 Å². The van der Waals surface area contributed by atoms with Gasteiger partial charge in [-0.15, -0.1) is 0 Å². The minimum Gasteiger partial charge on any atom is -0.376 e. The van der Waals surface area contributed by atoms with Gasteiger partial charge in [-0.1, -0.05) is 43.2 Å². The molecule has 1 aromatic carbocycles. The molecule has 1 aromatic rings. The van der Waals surface area contributed by atoms with Crippen LogP contribution in [-0.2, 0) is 11.3 Å². The molecule has 0 N–H and O–H groups in total. The van der Waals surface area contributed by atoms with E-state index in [4.69, 9.17) is 0 Å². The lowest BCUT2D eigenvalue weighted by Gasteiger charge is -2.34. The predicted octanol–water partition coefficient (Wildman–Crippen LogP) is 2.61. The monoisotopic (exact) mass is 352 g/mol. The highest BCUT2D eigenvalue weighted by Crippen LogP contribution is 2.14. The van der Waals surface area contributed by atoms with Crippen molar-refractivity contribution in [1.82, 2.24) is 14.7 Å². The van der Waals surface area contributed by atoms with Gasteiger partial charge in [-0.3, -0.25) is 9.69 Å². The largest absolute Gasteiger partial charge is 0.376 e. The Morgan fingerprint density at radius 1 is 0.962 bits per heavy atom. The Balaban J connectivity index is 1.54. The molecule has 0 unspecified atom stereocenters. The van der Waals surface area contributed by atoms with E-state index in [0.29, 0.717) is 13.1 Å². The SMILES string of the molecule is N#C/C(=C/N1CCCCCC1)C(=O)N1CCN(Cc2ccccc2)CC1. The highest BCUT2D eigenvalue weighted by Gasteiger charge is 2.24. The van der Waals surface area contributed by atoms with Crippen LogP contribution in [0.5, 0.6) is 0 Å². The second kappa shape index (κ2) is 9.40. The molecule has 0 bridgehead atoms. The van der Waals surface area contributed by atoms with Crippen LogP contribution in [0.15, 0.2) is 42.1 Å². The molecule has 0 spiro atoms. The Kier molecular flexibility index (Phi) is 6.68. The van der Waals surface area contributed by atoms with Crippen LogP contribution in [0.1, 0.15) is 31.2 Å². The summed E-state index contributed by atoms with van der Waals surface area (Å²) < 4.78 is 0. The van der Waals surface area contributed by atoms with Crippen LogP contribution in [0.4, 0.5) is 0 Å². The zero-order valence-electron chi connectivity index (χ0n) is 15.4. The van der Waals surface area contributed by atoms with Gasteiger partial charge in [0.1, 0.15) is 11.6 Å². The predicted molar refractivity (Wildman–Crippen MR) is 102 cm³/mol. The van der Waals surface area contributed by atoms with E-state index in [1.807, 2.05) is 11.0 Å². The smallest absolute Gasteiger partial charge is 0.266 e. The summed E-state index contributed by atoms with van der Waals surface area (Å²) in [6, 6.07) is 12.5. The van der Waals surface area contributed by atoms with E-state index in [2.05, 4.69) is 40.1 Å². The number of carbonyl (C=O) groups is 1. The van der Waals surface area contributed by atoms with E-state index >= 15 is 0 Å². The molecule has 2 aliphatic rings. The summed E-state index contributed by atoms with van der Waals surface area (Å²) in [6.07, 6.45) is 6.56. The molecule has 2 aliphatic heterocycles. The first kappa shape index (κ1) is 18.5. The van der Waals surface area contributed by atoms with Gasteiger partial charge in [0.05, 0.1) is 0 Å². The van der Waals surface area contributed by atoms with Crippen molar-refractivity contribution >= 4 is 5.91 Å². The zero-order chi connectivity index (χ0) is 18.2. The molecule has 3 rings (SSSR count). The van der Waals surface area contributed by atoms with Gasteiger partial charge in [0.15, 0.2) is 0 Å². The zero-order valence-corrected chi connectivity index (χ0v) is 15.4. The lowest BCUT2D eigenvalue weighted by Crippen LogP contribution is -2.48. The van der Waals surface area contributed by atoms with E-state index in [1.54, 1.807) is 6.20 Å². The highest BCUT2D eigenvalue weighted by molar-refractivity contribution is 5.97. The van der Waals surface area contributed by atoms with Crippen molar-refractivity contribution < 1.29 is 4.79 Å². The van der Waals surface area contributed by atoms with Crippen LogP contribution < -0.4 is 0 Å². The fourth-order valence-corrected chi connectivity index (χ4v) is 3.66. The molecule has 0 aliphatic carbocycles. The van der Waals surface area contributed by atoms with Gasteiger partial charge in [-0.05, 0) is 18.4 Å². The van der Waals surface area contributed by atoms with Gasteiger partial charge in [0.25, 0.3) is 5.91 Å². The molecule has 5 heteroatoms. The summed E-state index contributed by atoms with van der Waals surface area (Å²) in [5.41, 5.74) is 1.58. The Labute approximate surface area is 156 Å². The standard InChI is InChI=1S/C21H28N4O/c22-16-20(18-23-10-6-1-2-7-11-23)21(26)25-14-12-24(13-15-25)17-19-8-4-3-5-9-19/h3-5,8-9,18H,1-2,6-7,10-15,17H2/b20-18-. The fourth-order valence-electron chi connectivity index (χ4n) is 3.66. The lowest BCUT2D eigenvalue weighted by atomic mass is 10.2. The van der Waals surface area contributed by atoms with Crippen molar-refractivity contribution in [2.24, 2.45) is 0 Å². The quantitative estimate of drug-likeness (QED) is 0.617. The van der Waals surface area contributed by atoms with E-state index in [0.717, 1.165) is 45.6 Å². The molecule has 138 valence electrons. The number of rotatable bonds is 4. The maximum atomic E-state index is 12.7. The third kappa shape index (κ3) is 5.09. The maximum Gasteiger partial charge on any atom is 0.266 e. The van der Waals surface area contributed by atoms with Crippen LogP contribution in [0.2, 0.25) is 0 Å². The second-order valence-electron chi connectivity index (χ2n) is 7.16. The lowest BCUT2D eigenvalue weighted by molar-refractivity contribution is -0.128. The van der Waals surface area contributed by atoms with E-state index in [-0.39, 0.29) is 11.5 Å². The number of piperazine rings is 1. The number of hydrogen-bond acceptors (Lipinski definition) is 4. The normalized spacial score (nSPS) is 19.7. The third-order valence-electron chi connectivity index (χ3n) is 5.21. The third-order valence-corrected chi connectivity index (χ3v) is 5.21. The van der Waals surface area contributed by atoms with E-state index in [9.17, 15) is 10.1 Å². The summed E-state index contributed by atoms with van der Waals surface area (Å²) >= 11 is 0. The van der Waals surface area contributed by atoms with Crippen molar-refractivity contribution in [1.29, 1.82) is 5.26 Å². The Morgan fingerprint density at radius 2 is 1.62 bits per heavy atom. The topological polar surface area (TPSA) is 50.6 Å². The summed E-state index contributed by atoms with van der Waals surface area (Å²) in [6.45, 7) is 5.88. The first-order chi connectivity index (χ1) is 12.8. The molecule has 5 nitrogen and oxygen atoms in total. The summed E-state index contributed by atoms with van der Waals surface area (Å²) in [5, 5.41) is 9.47. The van der Waals surface area contributed by atoms with Crippen LogP contribution in [-0.4, -0.2) is 59.9 Å². The van der Waals surface area contributed by atoms with Crippen LogP contribution in [0.3, 0.4) is 0 Å². The molecular weight excluding hydrogens is 324 g/mol. The number of nitrogens with zero attached hydrogens (tertiary/aromatic N) is 4. The number of carbonyl (C=O) groups excluding carboxylic acids is 1. The maximum absolute atomic E-state index is 12.7. The molecule has 0 atom stereocenters. The number of benzene rings is 1. The minimum atomic E-state index is -0.115. The fraction of sp³-hybridized carbons (Fsp3) is 0.524. The molecule has 2 heterocycles. The molecule has 0 saturated carbocycles. The summed E-state index contributed by atoms with van der Waals surface area (Å²) in [7, 11) is 0. The molecule has 1 amide bonds. The van der Waals surface area contributed by atoms with Gasteiger partial charge in [-0.2, -0.15) is 5.26 Å². The van der Waals surface area contributed by atoms with Crippen molar-refractivity contribution in [3.63, 3.8) is 0 Å².